The third kappa shape index (κ3) is 5.20. The largest absolute Gasteiger partial charge is 0.462 e. The highest BCUT2D eigenvalue weighted by Crippen LogP contribution is 2.67. The fraction of sp³-hybridized carbons (Fsp3) is 0.818. The Labute approximate surface area is 226 Å². The number of fused-ring (bicyclic) bond motifs is 5. The molecule has 4 rings (SSSR count). The Balaban J connectivity index is 1.64. The van der Waals surface area contributed by atoms with Gasteiger partial charge in [-0.05, 0) is 97.9 Å². The Kier molecular flexibility index (Phi) is 8.09. The number of carbonyl (C=O) groups is 2. The van der Waals surface area contributed by atoms with E-state index in [2.05, 4.69) is 60.6 Å². The van der Waals surface area contributed by atoms with Crippen molar-refractivity contribution in [3.05, 3.63) is 23.3 Å². The van der Waals surface area contributed by atoms with Gasteiger partial charge in [-0.1, -0.05) is 58.8 Å². The first-order valence-corrected chi connectivity index (χ1v) is 15.0. The summed E-state index contributed by atoms with van der Waals surface area (Å²) in [5.74, 6) is 3.57. The Bertz CT molecular complexity index is 946. The molecule has 0 aromatic heterocycles. The number of rotatable bonds is 6. The van der Waals surface area contributed by atoms with E-state index in [-0.39, 0.29) is 35.0 Å². The molecular weight excluding hydrogens is 460 g/mol. The van der Waals surface area contributed by atoms with E-state index in [9.17, 15) is 9.59 Å². The Hall–Kier alpha value is -1.58. The van der Waals surface area contributed by atoms with Crippen LogP contribution in [0.5, 0.6) is 0 Å². The zero-order valence-electron chi connectivity index (χ0n) is 24.9. The van der Waals surface area contributed by atoms with Gasteiger partial charge in [0.05, 0.1) is 0 Å². The number of carbonyl (C=O) groups excluding carboxylic acids is 2. The number of hydrogen-bond acceptors (Lipinski definition) is 4. The zero-order chi connectivity index (χ0) is 27.3. The van der Waals surface area contributed by atoms with E-state index in [1.807, 2.05) is 0 Å². The summed E-state index contributed by atoms with van der Waals surface area (Å²) in [5.41, 5.74) is 3.26. The van der Waals surface area contributed by atoms with Crippen LogP contribution in [0, 0.1) is 52.3 Å². The van der Waals surface area contributed by atoms with Crippen LogP contribution in [0.15, 0.2) is 23.3 Å². The molecule has 0 saturated heterocycles. The van der Waals surface area contributed by atoms with Crippen LogP contribution in [0.25, 0.3) is 0 Å². The predicted octanol–water partition coefficient (Wildman–Crippen LogP) is 7.91. The third-order valence-electron chi connectivity index (χ3n) is 11.6. The van der Waals surface area contributed by atoms with E-state index < -0.39 is 0 Å². The number of allylic oxidation sites excluding steroid dienone is 2. The second-order valence-corrected chi connectivity index (χ2v) is 14.0. The van der Waals surface area contributed by atoms with Gasteiger partial charge in [0.15, 0.2) is 0 Å². The molecule has 37 heavy (non-hydrogen) atoms. The number of esters is 2. The van der Waals surface area contributed by atoms with Crippen molar-refractivity contribution in [2.24, 2.45) is 52.3 Å². The van der Waals surface area contributed by atoms with Crippen molar-refractivity contribution >= 4 is 11.9 Å². The number of ether oxygens (including phenoxy) is 2. The molecule has 4 aliphatic carbocycles. The van der Waals surface area contributed by atoms with Crippen molar-refractivity contribution < 1.29 is 19.1 Å². The van der Waals surface area contributed by atoms with E-state index in [1.54, 1.807) is 6.92 Å². The fourth-order valence-electron chi connectivity index (χ4n) is 9.34. The summed E-state index contributed by atoms with van der Waals surface area (Å²) < 4.78 is 11.7. The molecule has 0 N–H and O–H groups in total. The monoisotopic (exact) mass is 512 g/mol. The van der Waals surface area contributed by atoms with Crippen LogP contribution in [-0.4, -0.2) is 24.1 Å². The van der Waals surface area contributed by atoms with Crippen molar-refractivity contribution in [3.8, 4) is 0 Å². The van der Waals surface area contributed by atoms with Crippen LogP contribution in [0.2, 0.25) is 0 Å². The highest BCUT2D eigenvalue weighted by molar-refractivity contribution is 5.67. The molecule has 4 heteroatoms. The lowest BCUT2D eigenvalue weighted by Crippen LogP contribution is -2.55. The SMILES string of the molecule is CC(=O)O[C@H]1CC[C@@]2(C)C(=C[C@@H](OC(C)=O)[C@H]3[C@@H]4CC[C@H]([C@H](C)/C=C(\C)[C@@H](C)C(C)C)[C@@]4(C)CC[C@@H]32)C1. The van der Waals surface area contributed by atoms with Gasteiger partial charge in [-0.15, -0.1) is 0 Å². The maximum atomic E-state index is 12.3. The van der Waals surface area contributed by atoms with Crippen molar-refractivity contribution in [1.29, 1.82) is 0 Å². The summed E-state index contributed by atoms with van der Waals surface area (Å²) in [6.45, 7) is 19.8. The minimum atomic E-state index is -0.203. The normalized spacial score (nSPS) is 41.1. The molecule has 0 spiro atoms. The van der Waals surface area contributed by atoms with Gasteiger partial charge in [0, 0.05) is 26.2 Å². The molecular formula is C33H52O4. The maximum absolute atomic E-state index is 12.3. The first-order chi connectivity index (χ1) is 17.3. The van der Waals surface area contributed by atoms with Crippen LogP contribution in [-0.2, 0) is 19.1 Å². The summed E-state index contributed by atoms with van der Waals surface area (Å²) in [4.78, 5) is 23.9. The zero-order valence-corrected chi connectivity index (χ0v) is 24.9. The molecule has 0 aromatic carbocycles. The van der Waals surface area contributed by atoms with Gasteiger partial charge in [-0.2, -0.15) is 0 Å². The number of hydrogen-bond donors (Lipinski definition) is 0. The Morgan fingerprint density at radius 1 is 0.919 bits per heavy atom. The minimum absolute atomic E-state index is 0.0554. The van der Waals surface area contributed by atoms with Crippen LogP contribution in [0.3, 0.4) is 0 Å². The van der Waals surface area contributed by atoms with Gasteiger partial charge >= 0.3 is 11.9 Å². The maximum Gasteiger partial charge on any atom is 0.303 e. The summed E-state index contributed by atoms with van der Waals surface area (Å²) >= 11 is 0. The van der Waals surface area contributed by atoms with Crippen molar-refractivity contribution in [1.82, 2.24) is 0 Å². The lowest BCUT2D eigenvalue weighted by atomic mass is 9.46. The van der Waals surface area contributed by atoms with Crippen LogP contribution < -0.4 is 0 Å². The molecule has 0 unspecified atom stereocenters. The van der Waals surface area contributed by atoms with E-state index >= 15 is 0 Å². The lowest BCUT2D eigenvalue weighted by Gasteiger charge is -2.59. The molecule has 0 heterocycles. The quantitative estimate of drug-likeness (QED) is 0.268. The van der Waals surface area contributed by atoms with Crippen LogP contribution in [0.4, 0.5) is 0 Å². The van der Waals surface area contributed by atoms with Gasteiger partial charge in [0.2, 0.25) is 0 Å². The molecule has 0 bridgehead atoms. The van der Waals surface area contributed by atoms with Gasteiger partial charge in [0.25, 0.3) is 0 Å². The standard InChI is InChI=1S/C33H52O4/c1-19(2)22(5)20(3)16-21(4)27-10-11-28-31-29(13-15-33(27,28)9)32(8)14-12-26(36-23(6)34)17-25(32)18-30(31)37-24(7)35/h16,18-19,21-22,26-31H,10-15,17H2,1-9H3/b20-16+/t21-,22+,26+,27-,28+,29+,30-,31+,32+,33-/m1/s1. The minimum Gasteiger partial charge on any atom is -0.462 e. The Morgan fingerprint density at radius 3 is 2.22 bits per heavy atom. The lowest BCUT2D eigenvalue weighted by molar-refractivity contribution is -0.159. The predicted molar refractivity (Wildman–Crippen MR) is 149 cm³/mol. The van der Waals surface area contributed by atoms with E-state index in [0.717, 1.165) is 19.3 Å². The average Bonchev–Trinajstić information content (AvgIpc) is 3.15. The summed E-state index contributed by atoms with van der Waals surface area (Å²) in [7, 11) is 0. The van der Waals surface area contributed by atoms with Crippen LogP contribution in [0.1, 0.15) is 107 Å². The second kappa shape index (κ2) is 10.5. The molecule has 0 aromatic rings. The van der Waals surface area contributed by atoms with Gasteiger partial charge in [-0.3, -0.25) is 9.59 Å². The molecule has 10 atom stereocenters. The van der Waals surface area contributed by atoms with Crippen molar-refractivity contribution in [2.45, 2.75) is 119 Å². The Morgan fingerprint density at radius 2 is 1.59 bits per heavy atom. The molecule has 208 valence electrons. The topological polar surface area (TPSA) is 52.6 Å². The van der Waals surface area contributed by atoms with Crippen molar-refractivity contribution in [2.75, 3.05) is 0 Å². The smallest absolute Gasteiger partial charge is 0.303 e. The molecule has 3 fully saturated rings. The molecule has 3 saturated carbocycles. The highest BCUT2D eigenvalue weighted by atomic mass is 16.5. The summed E-state index contributed by atoms with van der Waals surface area (Å²) in [5, 5.41) is 0. The van der Waals surface area contributed by atoms with Crippen molar-refractivity contribution in [3.63, 3.8) is 0 Å². The van der Waals surface area contributed by atoms with Gasteiger partial charge < -0.3 is 9.47 Å². The molecule has 0 radical (unpaired) electrons. The first-order valence-electron chi connectivity index (χ1n) is 15.0. The molecule has 4 aliphatic rings. The van der Waals surface area contributed by atoms with Crippen LogP contribution >= 0.6 is 0 Å². The van der Waals surface area contributed by atoms with E-state index in [4.69, 9.17) is 9.47 Å². The first kappa shape index (κ1) is 28.4. The third-order valence-corrected chi connectivity index (χ3v) is 11.6. The van der Waals surface area contributed by atoms with E-state index in [1.165, 1.54) is 43.8 Å². The highest BCUT2D eigenvalue weighted by Gasteiger charge is 2.62. The summed E-state index contributed by atoms with van der Waals surface area (Å²) in [6, 6.07) is 0. The second-order valence-electron chi connectivity index (χ2n) is 14.0. The summed E-state index contributed by atoms with van der Waals surface area (Å²) in [6.07, 6.45) is 12.3. The molecule has 0 aliphatic heterocycles. The van der Waals surface area contributed by atoms with E-state index in [0.29, 0.717) is 41.4 Å². The van der Waals surface area contributed by atoms with Gasteiger partial charge in [-0.25, -0.2) is 0 Å². The fourth-order valence-corrected chi connectivity index (χ4v) is 9.34. The average molecular weight is 513 g/mol. The van der Waals surface area contributed by atoms with Gasteiger partial charge in [0.1, 0.15) is 12.2 Å². The molecule has 0 amide bonds. The molecule has 4 nitrogen and oxygen atoms in total.